The molecule has 94 valence electrons. The molecule has 1 nitrogen and oxygen atoms in total. The minimum Gasteiger partial charge on any atom is -0.385 e. The Morgan fingerprint density at radius 1 is 1.18 bits per heavy atom. The summed E-state index contributed by atoms with van der Waals surface area (Å²) in [5.41, 5.74) is -1.50. The number of halogens is 3. The molecule has 2 rings (SSSR count). The van der Waals surface area contributed by atoms with Crippen LogP contribution in [0, 0.1) is 23.4 Å². The monoisotopic (exact) mass is 244 g/mol. The molecule has 1 N–H and O–H groups in total. The highest BCUT2D eigenvalue weighted by Crippen LogP contribution is 2.42. The van der Waals surface area contributed by atoms with Crippen molar-refractivity contribution in [3.63, 3.8) is 0 Å². The summed E-state index contributed by atoms with van der Waals surface area (Å²) in [7, 11) is 0. The molecule has 1 aliphatic rings. The van der Waals surface area contributed by atoms with Crippen LogP contribution < -0.4 is 0 Å². The molecule has 0 amide bonds. The summed E-state index contributed by atoms with van der Waals surface area (Å²) in [5, 5.41) is 10.5. The molecule has 1 aromatic rings. The Balaban J connectivity index is 2.49. The van der Waals surface area contributed by atoms with Gasteiger partial charge in [-0.2, -0.15) is 0 Å². The average molecular weight is 244 g/mol. The van der Waals surface area contributed by atoms with Gasteiger partial charge in [-0.25, -0.2) is 13.2 Å². The van der Waals surface area contributed by atoms with Crippen LogP contribution in [0.1, 0.15) is 38.2 Å². The van der Waals surface area contributed by atoms with Crippen molar-refractivity contribution in [2.75, 3.05) is 0 Å². The predicted molar refractivity (Wildman–Crippen MR) is 57.8 cm³/mol. The molecule has 0 aromatic heterocycles. The van der Waals surface area contributed by atoms with Gasteiger partial charge in [0.1, 0.15) is 0 Å². The lowest BCUT2D eigenvalue weighted by Gasteiger charge is -2.38. The number of hydrogen-bond donors (Lipinski definition) is 1. The lowest BCUT2D eigenvalue weighted by molar-refractivity contribution is -0.0501. The van der Waals surface area contributed by atoms with Crippen LogP contribution in [0.15, 0.2) is 12.1 Å². The summed E-state index contributed by atoms with van der Waals surface area (Å²) in [6.45, 7) is 1.81. The van der Waals surface area contributed by atoms with Crippen molar-refractivity contribution in [3.8, 4) is 0 Å². The molecule has 0 saturated heterocycles. The van der Waals surface area contributed by atoms with Gasteiger partial charge in [0.25, 0.3) is 0 Å². The second-order valence-corrected chi connectivity index (χ2v) is 4.79. The lowest BCUT2D eigenvalue weighted by Crippen LogP contribution is -2.37. The van der Waals surface area contributed by atoms with Crippen LogP contribution in [0.2, 0.25) is 0 Å². The van der Waals surface area contributed by atoms with E-state index in [1.165, 1.54) is 0 Å². The van der Waals surface area contributed by atoms with E-state index in [-0.39, 0.29) is 11.5 Å². The zero-order valence-corrected chi connectivity index (χ0v) is 9.64. The summed E-state index contributed by atoms with van der Waals surface area (Å²) in [6, 6.07) is 2.02. The molecule has 1 aromatic carbocycles. The van der Waals surface area contributed by atoms with E-state index in [4.69, 9.17) is 0 Å². The van der Waals surface area contributed by atoms with Crippen LogP contribution in [0.3, 0.4) is 0 Å². The molecule has 0 spiro atoms. The fraction of sp³-hybridized carbons (Fsp3) is 0.538. The van der Waals surface area contributed by atoms with Crippen molar-refractivity contribution in [1.29, 1.82) is 0 Å². The van der Waals surface area contributed by atoms with Crippen molar-refractivity contribution < 1.29 is 18.3 Å². The Morgan fingerprint density at radius 2 is 1.88 bits per heavy atom. The summed E-state index contributed by atoms with van der Waals surface area (Å²) in [5.74, 6) is -4.15. The van der Waals surface area contributed by atoms with E-state index in [1.54, 1.807) is 6.92 Å². The third-order valence-corrected chi connectivity index (χ3v) is 3.76. The Hall–Kier alpha value is -1.03. The predicted octanol–water partition coefficient (Wildman–Crippen LogP) is 3.50. The van der Waals surface area contributed by atoms with E-state index in [0.717, 1.165) is 31.4 Å². The first-order valence-electron chi connectivity index (χ1n) is 5.83. The third-order valence-electron chi connectivity index (χ3n) is 3.76. The second kappa shape index (κ2) is 4.33. The van der Waals surface area contributed by atoms with E-state index in [0.29, 0.717) is 6.42 Å². The fourth-order valence-corrected chi connectivity index (χ4v) is 2.59. The summed E-state index contributed by atoms with van der Waals surface area (Å²) < 4.78 is 39.7. The molecule has 4 heteroatoms. The topological polar surface area (TPSA) is 20.2 Å². The first-order chi connectivity index (χ1) is 7.97. The molecular weight excluding hydrogens is 229 g/mol. The Bertz CT molecular complexity index is 433. The van der Waals surface area contributed by atoms with E-state index in [9.17, 15) is 18.3 Å². The van der Waals surface area contributed by atoms with Crippen LogP contribution in [0.25, 0.3) is 0 Å². The van der Waals surface area contributed by atoms with Crippen LogP contribution in [-0.2, 0) is 5.60 Å². The molecule has 0 bridgehead atoms. The summed E-state index contributed by atoms with van der Waals surface area (Å²) in [6.07, 6.45) is 2.87. The van der Waals surface area contributed by atoms with Gasteiger partial charge < -0.3 is 5.11 Å². The highest BCUT2D eigenvalue weighted by molar-refractivity contribution is 5.27. The van der Waals surface area contributed by atoms with Gasteiger partial charge in [0.05, 0.1) is 5.60 Å². The smallest absolute Gasteiger partial charge is 0.194 e. The highest BCUT2D eigenvalue weighted by atomic mass is 19.2. The maximum Gasteiger partial charge on any atom is 0.194 e. The Labute approximate surface area is 98.3 Å². The third kappa shape index (κ3) is 1.95. The van der Waals surface area contributed by atoms with Gasteiger partial charge >= 0.3 is 0 Å². The van der Waals surface area contributed by atoms with Gasteiger partial charge in [-0.15, -0.1) is 0 Å². The zero-order valence-electron chi connectivity index (χ0n) is 9.64. The number of aliphatic hydroxyl groups is 1. The first kappa shape index (κ1) is 12.4. The van der Waals surface area contributed by atoms with E-state index < -0.39 is 23.1 Å². The molecular formula is C13H15F3O. The fourth-order valence-electron chi connectivity index (χ4n) is 2.59. The van der Waals surface area contributed by atoms with Crippen molar-refractivity contribution in [3.05, 3.63) is 35.1 Å². The van der Waals surface area contributed by atoms with E-state index in [2.05, 4.69) is 0 Å². The van der Waals surface area contributed by atoms with Gasteiger partial charge in [0.15, 0.2) is 17.5 Å². The van der Waals surface area contributed by atoms with Crippen LogP contribution in [-0.4, -0.2) is 5.11 Å². The molecule has 0 radical (unpaired) electrons. The summed E-state index contributed by atoms with van der Waals surface area (Å²) >= 11 is 0. The maximum atomic E-state index is 13.7. The van der Waals surface area contributed by atoms with Crippen molar-refractivity contribution in [1.82, 2.24) is 0 Å². The highest BCUT2D eigenvalue weighted by Gasteiger charge is 2.40. The van der Waals surface area contributed by atoms with Gasteiger partial charge in [-0.05, 0) is 24.8 Å². The second-order valence-electron chi connectivity index (χ2n) is 4.79. The van der Waals surface area contributed by atoms with Gasteiger partial charge in [-0.1, -0.05) is 25.8 Å². The normalized spacial score (nSPS) is 29.4. The molecule has 1 saturated carbocycles. The average Bonchev–Trinajstić information content (AvgIpc) is 2.30. The van der Waals surface area contributed by atoms with Crippen LogP contribution >= 0.6 is 0 Å². The molecule has 2 atom stereocenters. The van der Waals surface area contributed by atoms with Crippen molar-refractivity contribution in [2.45, 2.75) is 38.2 Å². The lowest BCUT2D eigenvalue weighted by atomic mass is 9.72. The molecule has 0 heterocycles. The molecule has 0 aliphatic heterocycles. The van der Waals surface area contributed by atoms with Crippen molar-refractivity contribution >= 4 is 0 Å². The SMILES string of the molecule is CC1CCCCC1(O)c1ccc(F)c(F)c1F. The number of rotatable bonds is 1. The quantitative estimate of drug-likeness (QED) is 0.749. The zero-order chi connectivity index (χ0) is 12.6. The van der Waals surface area contributed by atoms with E-state index >= 15 is 0 Å². The van der Waals surface area contributed by atoms with Gasteiger partial charge in [0.2, 0.25) is 0 Å². The number of benzene rings is 1. The van der Waals surface area contributed by atoms with Gasteiger partial charge in [-0.3, -0.25) is 0 Å². The largest absolute Gasteiger partial charge is 0.385 e. The van der Waals surface area contributed by atoms with Crippen LogP contribution in [0.5, 0.6) is 0 Å². The maximum absolute atomic E-state index is 13.7. The minimum atomic E-state index is -1.51. The molecule has 1 fully saturated rings. The Morgan fingerprint density at radius 3 is 2.53 bits per heavy atom. The minimum absolute atomic E-state index is 0.122. The molecule has 1 aliphatic carbocycles. The molecule has 2 unspecified atom stereocenters. The van der Waals surface area contributed by atoms with Crippen molar-refractivity contribution in [2.24, 2.45) is 5.92 Å². The Kier molecular flexibility index (Phi) is 3.17. The summed E-state index contributed by atoms with van der Waals surface area (Å²) in [4.78, 5) is 0. The molecule has 17 heavy (non-hydrogen) atoms. The standard InChI is InChI=1S/C13H15F3O/c1-8-4-2-3-7-13(8,17)9-5-6-10(14)12(16)11(9)15/h5-6,8,17H,2-4,7H2,1H3. The number of hydrogen-bond acceptors (Lipinski definition) is 1. The van der Waals surface area contributed by atoms with Crippen LogP contribution in [0.4, 0.5) is 13.2 Å². The first-order valence-corrected chi connectivity index (χ1v) is 5.83. The van der Waals surface area contributed by atoms with E-state index in [1.807, 2.05) is 0 Å². The van der Waals surface area contributed by atoms with Gasteiger partial charge in [0, 0.05) is 5.56 Å².